The summed E-state index contributed by atoms with van der Waals surface area (Å²) in [5.74, 6) is 1.39. The van der Waals surface area contributed by atoms with Crippen molar-refractivity contribution in [2.24, 2.45) is 7.05 Å². The fourth-order valence-electron chi connectivity index (χ4n) is 4.06. The molecular formula is C24H26N6O4. The molecule has 1 amide bonds. The van der Waals surface area contributed by atoms with Crippen LogP contribution in [0.2, 0.25) is 0 Å². The minimum atomic E-state index is -0.187. The van der Waals surface area contributed by atoms with Crippen molar-refractivity contribution in [2.45, 2.75) is 37.8 Å². The molecule has 10 heteroatoms. The van der Waals surface area contributed by atoms with E-state index in [0.29, 0.717) is 22.9 Å². The van der Waals surface area contributed by atoms with E-state index in [0.717, 1.165) is 31.2 Å². The van der Waals surface area contributed by atoms with Crippen molar-refractivity contribution in [3.63, 3.8) is 0 Å². The first-order valence-corrected chi connectivity index (χ1v) is 11.0. The van der Waals surface area contributed by atoms with E-state index in [9.17, 15) is 4.79 Å². The van der Waals surface area contributed by atoms with E-state index in [2.05, 4.69) is 20.4 Å². The predicted octanol–water partition coefficient (Wildman–Crippen LogP) is 2.89. The minimum Gasteiger partial charge on any atom is -0.497 e. The van der Waals surface area contributed by atoms with Crippen LogP contribution in [0.5, 0.6) is 17.4 Å². The zero-order chi connectivity index (χ0) is 24.1. The molecule has 0 aliphatic heterocycles. The van der Waals surface area contributed by atoms with Crippen molar-refractivity contribution in [1.29, 1.82) is 5.26 Å². The first kappa shape index (κ1) is 23.0. The maximum atomic E-state index is 13.0. The van der Waals surface area contributed by atoms with Crippen molar-refractivity contribution >= 4 is 5.91 Å². The largest absolute Gasteiger partial charge is 0.497 e. The zero-order valence-electron chi connectivity index (χ0n) is 19.3. The van der Waals surface area contributed by atoms with E-state index in [4.69, 9.17) is 19.5 Å². The number of ether oxygens (including phenoxy) is 3. The molecule has 176 valence electrons. The Kier molecular flexibility index (Phi) is 6.92. The first-order valence-electron chi connectivity index (χ1n) is 11.0. The first-order chi connectivity index (χ1) is 16.5. The SMILES string of the molecule is COc1ccc(OC)c(-c2cc(C(=O)NC3CCC(Oc4nccnc4C#N)CC3)n(C)n2)c1. The summed E-state index contributed by atoms with van der Waals surface area (Å²) in [4.78, 5) is 21.1. The summed E-state index contributed by atoms with van der Waals surface area (Å²) >= 11 is 0. The second-order valence-corrected chi connectivity index (χ2v) is 7.99. The molecule has 0 saturated heterocycles. The summed E-state index contributed by atoms with van der Waals surface area (Å²) in [6, 6.07) is 9.21. The van der Waals surface area contributed by atoms with Crippen LogP contribution in [-0.2, 0) is 7.05 Å². The maximum absolute atomic E-state index is 13.0. The molecule has 1 N–H and O–H groups in total. The molecule has 0 bridgehead atoms. The van der Waals surface area contributed by atoms with Gasteiger partial charge < -0.3 is 19.5 Å². The van der Waals surface area contributed by atoms with Gasteiger partial charge in [0.25, 0.3) is 11.8 Å². The quantitative estimate of drug-likeness (QED) is 0.568. The third kappa shape index (κ3) is 4.93. The Labute approximate surface area is 197 Å². The summed E-state index contributed by atoms with van der Waals surface area (Å²) in [6.07, 6.45) is 5.89. The van der Waals surface area contributed by atoms with Crippen LogP contribution >= 0.6 is 0 Å². The van der Waals surface area contributed by atoms with Crippen molar-refractivity contribution < 1.29 is 19.0 Å². The van der Waals surface area contributed by atoms with Gasteiger partial charge >= 0.3 is 0 Å². The summed E-state index contributed by atoms with van der Waals surface area (Å²) < 4.78 is 18.2. The molecule has 0 spiro atoms. The molecule has 3 aromatic rings. The van der Waals surface area contributed by atoms with Gasteiger partial charge in [-0.2, -0.15) is 10.4 Å². The molecule has 0 atom stereocenters. The minimum absolute atomic E-state index is 0.0225. The van der Waals surface area contributed by atoms with Crippen LogP contribution in [0, 0.1) is 11.3 Å². The Morgan fingerprint density at radius 2 is 1.88 bits per heavy atom. The van der Waals surface area contributed by atoms with Gasteiger partial charge in [-0.3, -0.25) is 9.48 Å². The van der Waals surface area contributed by atoms with Crippen LogP contribution in [-0.4, -0.2) is 52.0 Å². The van der Waals surface area contributed by atoms with Crippen LogP contribution in [0.3, 0.4) is 0 Å². The molecule has 0 radical (unpaired) electrons. The zero-order valence-corrected chi connectivity index (χ0v) is 19.3. The summed E-state index contributed by atoms with van der Waals surface area (Å²) in [6.45, 7) is 0. The fraction of sp³-hybridized carbons (Fsp3) is 0.375. The Hall–Kier alpha value is -4.13. The number of nitriles is 1. The molecule has 1 saturated carbocycles. The number of amides is 1. The maximum Gasteiger partial charge on any atom is 0.269 e. The number of hydrogen-bond acceptors (Lipinski definition) is 8. The number of nitrogens with one attached hydrogen (secondary N) is 1. The predicted molar refractivity (Wildman–Crippen MR) is 123 cm³/mol. The highest BCUT2D eigenvalue weighted by Crippen LogP contribution is 2.33. The highest BCUT2D eigenvalue weighted by molar-refractivity contribution is 5.94. The smallest absolute Gasteiger partial charge is 0.269 e. The average Bonchev–Trinajstić information content (AvgIpc) is 3.26. The Balaban J connectivity index is 1.39. The number of methoxy groups -OCH3 is 2. The second kappa shape index (κ2) is 10.2. The molecule has 1 aromatic carbocycles. The van der Waals surface area contributed by atoms with E-state index < -0.39 is 0 Å². The van der Waals surface area contributed by atoms with E-state index in [-0.39, 0.29) is 29.6 Å². The molecule has 10 nitrogen and oxygen atoms in total. The van der Waals surface area contributed by atoms with Crippen LogP contribution in [0.25, 0.3) is 11.3 Å². The monoisotopic (exact) mass is 462 g/mol. The number of rotatable bonds is 7. The van der Waals surface area contributed by atoms with Crippen molar-refractivity contribution in [3.05, 3.63) is 48.0 Å². The van der Waals surface area contributed by atoms with Gasteiger partial charge in [-0.1, -0.05) is 0 Å². The van der Waals surface area contributed by atoms with E-state index in [1.54, 1.807) is 32.0 Å². The number of aryl methyl sites for hydroxylation is 1. The lowest BCUT2D eigenvalue weighted by atomic mass is 9.93. The topological polar surface area (TPSA) is 124 Å². The van der Waals surface area contributed by atoms with Gasteiger partial charge in [-0.15, -0.1) is 0 Å². The molecule has 0 unspecified atom stereocenters. The molecule has 2 aromatic heterocycles. The lowest BCUT2D eigenvalue weighted by molar-refractivity contribution is 0.0880. The third-order valence-corrected chi connectivity index (χ3v) is 5.85. The number of nitrogens with zero attached hydrogens (tertiary/aromatic N) is 5. The Bertz CT molecular complexity index is 1210. The van der Waals surface area contributed by atoms with Crippen molar-refractivity contribution in [2.75, 3.05) is 14.2 Å². The van der Waals surface area contributed by atoms with Crippen LogP contribution < -0.4 is 19.5 Å². The number of aromatic nitrogens is 4. The summed E-state index contributed by atoms with van der Waals surface area (Å²) in [5.41, 5.74) is 2.00. The Morgan fingerprint density at radius 3 is 2.59 bits per heavy atom. The van der Waals surface area contributed by atoms with Gasteiger partial charge in [-0.05, 0) is 49.9 Å². The number of carbonyl (C=O) groups excluding carboxylic acids is 1. The average molecular weight is 463 g/mol. The van der Waals surface area contributed by atoms with E-state index in [1.165, 1.54) is 12.4 Å². The van der Waals surface area contributed by atoms with E-state index in [1.807, 2.05) is 24.3 Å². The highest BCUT2D eigenvalue weighted by atomic mass is 16.5. The van der Waals surface area contributed by atoms with Crippen LogP contribution in [0.4, 0.5) is 0 Å². The molecule has 1 fully saturated rings. The van der Waals surface area contributed by atoms with Crippen LogP contribution in [0.1, 0.15) is 41.9 Å². The lowest BCUT2D eigenvalue weighted by Gasteiger charge is -2.29. The molecule has 4 rings (SSSR count). The van der Waals surface area contributed by atoms with Gasteiger partial charge in [0.1, 0.15) is 29.4 Å². The lowest BCUT2D eigenvalue weighted by Crippen LogP contribution is -2.40. The van der Waals surface area contributed by atoms with Gasteiger partial charge in [-0.25, -0.2) is 9.97 Å². The van der Waals surface area contributed by atoms with Crippen molar-refractivity contribution in [3.8, 4) is 34.7 Å². The Morgan fingerprint density at radius 1 is 1.12 bits per heavy atom. The third-order valence-electron chi connectivity index (χ3n) is 5.85. The van der Waals surface area contributed by atoms with Gasteiger partial charge in [0.15, 0.2) is 0 Å². The molecule has 1 aliphatic carbocycles. The summed E-state index contributed by atoms with van der Waals surface area (Å²) in [7, 11) is 4.93. The van der Waals surface area contributed by atoms with Gasteiger partial charge in [0.2, 0.25) is 5.69 Å². The van der Waals surface area contributed by atoms with E-state index >= 15 is 0 Å². The fourth-order valence-corrected chi connectivity index (χ4v) is 4.06. The second-order valence-electron chi connectivity index (χ2n) is 7.99. The van der Waals surface area contributed by atoms with Crippen LogP contribution in [0.15, 0.2) is 36.7 Å². The number of hydrogen-bond donors (Lipinski definition) is 1. The summed E-state index contributed by atoms with van der Waals surface area (Å²) in [5, 5.41) is 16.8. The normalized spacial score (nSPS) is 17.5. The molecule has 1 aliphatic rings. The van der Waals surface area contributed by atoms with Gasteiger partial charge in [0, 0.05) is 31.0 Å². The number of carbonyl (C=O) groups is 1. The standard InChI is InChI=1S/C24H26N6O4/c1-30-21(13-19(29-30)18-12-17(32-2)8-9-22(18)33-3)23(31)28-15-4-6-16(7-5-15)34-24-20(14-25)26-10-11-27-24/h8-13,15-16H,4-7H2,1-3H3,(H,28,31). The molecular weight excluding hydrogens is 436 g/mol. The molecule has 34 heavy (non-hydrogen) atoms. The van der Waals surface area contributed by atoms with Gasteiger partial charge in [0.05, 0.1) is 19.9 Å². The number of benzene rings is 1. The molecule has 2 heterocycles. The highest BCUT2D eigenvalue weighted by Gasteiger charge is 2.26. The van der Waals surface area contributed by atoms with Crippen molar-refractivity contribution in [1.82, 2.24) is 25.1 Å².